The molecule has 1 fully saturated rings. The molecule has 1 aliphatic carbocycles. The van der Waals surface area contributed by atoms with Crippen molar-refractivity contribution in [2.45, 2.75) is 57.4 Å². The van der Waals surface area contributed by atoms with Crippen LogP contribution in [0, 0.1) is 6.92 Å². The smallest absolute Gasteiger partial charge is 0.274 e. The van der Waals surface area contributed by atoms with E-state index in [1.54, 1.807) is 0 Å². The van der Waals surface area contributed by atoms with Crippen LogP contribution < -0.4 is 10.5 Å². The summed E-state index contributed by atoms with van der Waals surface area (Å²) in [6.45, 7) is 2.72. The van der Waals surface area contributed by atoms with Crippen molar-refractivity contribution in [2.75, 3.05) is 7.11 Å². The van der Waals surface area contributed by atoms with E-state index in [1.807, 2.05) is 13.0 Å². The third-order valence-electron chi connectivity index (χ3n) is 4.19. The van der Waals surface area contributed by atoms with Crippen LogP contribution >= 0.6 is 0 Å². The van der Waals surface area contributed by atoms with Crippen molar-refractivity contribution in [1.29, 1.82) is 0 Å². The number of halogens is 2. The summed E-state index contributed by atoms with van der Waals surface area (Å²) in [6, 6.07) is 3.40. The van der Waals surface area contributed by atoms with Crippen molar-refractivity contribution in [3.8, 4) is 5.75 Å². The van der Waals surface area contributed by atoms with E-state index in [-0.39, 0.29) is 11.3 Å². The molecule has 0 aromatic heterocycles. The summed E-state index contributed by atoms with van der Waals surface area (Å²) in [7, 11) is 1.44. The van der Waals surface area contributed by atoms with Crippen LogP contribution in [0.5, 0.6) is 5.75 Å². The second-order valence-electron chi connectivity index (χ2n) is 6.00. The molecule has 0 aliphatic heterocycles. The molecule has 1 aromatic rings. The fraction of sp³-hybridized carbons (Fsp3) is 0.625. The van der Waals surface area contributed by atoms with Gasteiger partial charge < -0.3 is 10.5 Å². The predicted octanol–water partition coefficient (Wildman–Crippen LogP) is 4.23. The molecule has 0 spiro atoms. The number of aryl methyl sites for hydroxylation is 1. The molecular weight excluding hydrogens is 260 g/mol. The molecule has 2 N–H and O–H groups in total. The number of rotatable bonds is 3. The predicted molar refractivity (Wildman–Crippen MR) is 76.2 cm³/mol. The minimum absolute atomic E-state index is 0.0644. The Morgan fingerprint density at radius 3 is 2.30 bits per heavy atom. The van der Waals surface area contributed by atoms with Gasteiger partial charge in [-0.25, -0.2) is 8.78 Å². The van der Waals surface area contributed by atoms with E-state index < -0.39 is 11.5 Å². The van der Waals surface area contributed by atoms with Crippen LogP contribution in [0.3, 0.4) is 0 Å². The van der Waals surface area contributed by atoms with Crippen LogP contribution in [-0.2, 0) is 11.5 Å². The van der Waals surface area contributed by atoms with Crippen LogP contribution in [-0.4, -0.2) is 7.11 Å². The summed E-state index contributed by atoms with van der Waals surface area (Å²) in [5.74, 6) is -2.68. The average Bonchev–Trinajstić information content (AvgIpc) is 2.37. The van der Waals surface area contributed by atoms with Crippen LogP contribution in [0.1, 0.15) is 55.7 Å². The summed E-state index contributed by atoms with van der Waals surface area (Å²) in [5.41, 5.74) is 7.43. The number of hydrogen-bond donors (Lipinski definition) is 1. The highest BCUT2D eigenvalue weighted by molar-refractivity contribution is 5.50. The molecule has 1 aliphatic rings. The first kappa shape index (κ1) is 15.2. The van der Waals surface area contributed by atoms with Crippen molar-refractivity contribution in [3.63, 3.8) is 0 Å². The van der Waals surface area contributed by atoms with Crippen LogP contribution in [0.4, 0.5) is 8.78 Å². The molecule has 0 amide bonds. The minimum atomic E-state index is -2.93. The van der Waals surface area contributed by atoms with Gasteiger partial charge in [0.15, 0.2) is 0 Å². The highest BCUT2D eigenvalue weighted by atomic mass is 19.3. The Labute approximate surface area is 119 Å². The molecule has 0 atom stereocenters. The number of ether oxygens (including phenoxy) is 1. The summed E-state index contributed by atoms with van der Waals surface area (Å²) in [5, 5.41) is 0. The third kappa shape index (κ3) is 2.80. The number of hydrogen-bond acceptors (Lipinski definition) is 2. The molecule has 1 saturated carbocycles. The Balaban J connectivity index is 2.60. The van der Waals surface area contributed by atoms with Gasteiger partial charge in [0.2, 0.25) is 0 Å². The van der Waals surface area contributed by atoms with E-state index in [9.17, 15) is 8.78 Å². The zero-order chi connectivity index (χ0) is 15.0. The van der Waals surface area contributed by atoms with E-state index in [2.05, 4.69) is 0 Å². The summed E-state index contributed by atoms with van der Waals surface area (Å²) in [4.78, 5) is 0. The Morgan fingerprint density at radius 1 is 1.20 bits per heavy atom. The number of benzene rings is 1. The highest BCUT2D eigenvalue weighted by Crippen LogP contribution is 2.45. The Bertz CT molecular complexity index is 488. The fourth-order valence-electron chi connectivity index (χ4n) is 3.14. The number of alkyl halides is 2. The van der Waals surface area contributed by atoms with Gasteiger partial charge in [-0.3, -0.25) is 0 Å². The van der Waals surface area contributed by atoms with E-state index in [0.717, 1.165) is 50.2 Å². The fourth-order valence-corrected chi connectivity index (χ4v) is 3.14. The molecule has 0 radical (unpaired) electrons. The molecular formula is C16H23F2NO. The van der Waals surface area contributed by atoms with Gasteiger partial charge in [-0.1, -0.05) is 30.9 Å². The van der Waals surface area contributed by atoms with Gasteiger partial charge >= 0.3 is 0 Å². The van der Waals surface area contributed by atoms with E-state index in [0.29, 0.717) is 0 Å². The molecule has 0 heterocycles. The zero-order valence-corrected chi connectivity index (χ0v) is 12.4. The molecule has 20 heavy (non-hydrogen) atoms. The highest BCUT2D eigenvalue weighted by Gasteiger charge is 2.37. The van der Waals surface area contributed by atoms with Crippen molar-refractivity contribution < 1.29 is 13.5 Å². The molecule has 0 unspecified atom stereocenters. The topological polar surface area (TPSA) is 35.2 Å². The SMILES string of the molecule is COc1c(C(C)(F)F)cc(C)cc1C1(N)CCCCC1. The summed E-state index contributed by atoms with van der Waals surface area (Å²) in [6.07, 6.45) is 4.86. The molecule has 2 rings (SSSR count). The molecule has 0 saturated heterocycles. The second-order valence-corrected chi connectivity index (χ2v) is 6.00. The summed E-state index contributed by atoms with van der Waals surface area (Å²) >= 11 is 0. The maximum absolute atomic E-state index is 13.8. The maximum atomic E-state index is 13.8. The van der Waals surface area contributed by atoms with Gasteiger partial charge in [-0.15, -0.1) is 0 Å². The molecule has 1 aromatic carbocycles. The molecule has 112 valence electrons. The number of methoxy groups -OCH3 is 1. The Morgan fingerprint density at radius 2 is 1.80 bits per heavy atom. The normalized spacial score (nSPS) is 18.9. The quantitative estimate of drug-likeness (QED) is 0.900. The van der Waals surface area contributed by atoms with Crippen molar-refractivity contribution >= 4 is 0 Å². The lowest BCUT2D eigenvalue weighted by Crippen LogP contribution is -2.39. The lowest BCUT2D eigenvalue weighted by atomic mass is 9.76. The largest absolute Gasteiger partial charge is 0.496 e. The van der Waals surface area contributed by atoms with Gasteiger partial charge in [0, 0.05) is 18.0 Å². The lowest BCUT2D eigenvalue weighted by Gasteiger charge is -2.36. The van der Waals surface area contributed by atoms with Crippen LogP contribution in [0.25, 0.3) is 0 Å². The van der Waals surface area contributed by atoms with E-state index in [4.69, 9.17) is 10.5 Å². The average molecular weight is 283 g/mol. The second kappa shape index (κ2) is 5.32. The first-order valence-electron chi connectivity index (χ1n) is 7.14. The zero-order valence-electron chi connectivity index (χ0n) is 12.4. The van der Waals surface area contributed by atoms with Crippen LogP contribution in [0.15, 0.2) is 12.1 Å². The Hall–Kier alpha value is -1.16. The third-order valence-corrected chi connectivity index (χ3v) is 4.19. The standard InChI is InChI=1S/C16H23F2NO/c1-11-9-12(15(2,17)18)14(20-3)13(10-11)16(19)7-5-4-6-8-16/h9-10H,4-8,19H2,1-3H3. The first-order chi connectivity index (χ1) is 9.28. The van der Waals surface area contributed by atoms with Gasteiger partial charge in [0.1, 0.15) is 5.75 Å². The molecule has 2 nitrogen and oxygen atoms in total. The van der Waals surface area contributed by atoms with Crippen molar-refractivity contribution in [3.05, 3.63) is 28.8 Å². The first-order valence-corrected chi connectivity index (χ1v) is 7.14. The number of nitrogens with two attached hydrogens (primary N) is 1. The minimum Gasteiger partial charge on any atom is -0.496 e. The maximum Gasteiger partial charge on any atom is 0.274 e. The van der Waals surface area contributed by atoms with Gasteiger partial charge in [0.25, 0.3) is 5.92 Å². The van der Waals surface area contributed by atoms with E-state index >= 15 is 0 Å². The van der Waals surface area contributed by atoms with Gasteiger partial charge in [-0.05, 0) is 25.8 Å². The summed E-state index contributed by atoms with van der Waals surface area (Å²) < 4.78 is 33.0. The van der Waals surface area contributed by atoms with Crippen molar-refractivity contribution in [1.82, 2.24) is 0 Å². The van der Waals surface area contributed by atoms with Crippen molar-refractivity contribution in [2.24, 2.45) is 5.73 Å². The molecule has 4 heteroatoms. The Kier molecular flexibility index (Phi) is 4.05. The lowest BCUT2D eigenvalue weighted by molar-refractivity contribution is 0.0147. The van der Waals surface area contributed by atoms with E-state index in [1.165, 1.54) is 13.2 Å². The van der Waals surface area contributed by atoms with Gasteiger partial charge in [-0.2, -0.15) is 0 Å². The molecule has 0 bridgehead atoms. The monoisotopic (exact) mass is 283 g/mol. The van der Waals surface area contributed by atoms with Crippen LogP contribution in [0.2, 0.25) is 0 Å². The van der Waals surface area contributed by atoms with Gasteiger partial charge in [0.05, 0.1) is 12.7 Å².